The normalized spacial score (nSPS) is 10.3. The molecule has 5 heteroatoms. The number of carbonyl (C=O) groups is 1. The van der Waals surface area contributed by atoms with Crippen molar-refractivity contribution >= 4 is 5.97 Å². The van der Waals surface area contributed by atoms with E-state index in [4.69, 9.17) is 9.84 Å². The van der Waals surface area contributed by atoms with Crippen LogP contribution in [0, 0.1) is 6.92 Å². The largest absolute Gasteiger partial charge is 0.497 e. The van der Waals surface area contributed by atoms with Gasteiger partial charge in [0.1, 0.15) is 11.3 Å². The molecule has 1 aromatic carbocycles. The fraction of sp³-hybridized carbons (Fsp3) is 0.200. The minimum absolute atomic E-state index is 0.180. The molecular weight excluding hydrogens is 258 g/mol. The maximum Gasteiger partial charge on any atom is 0.341 e. The number of aromatic nitrogens is 1. The number of ether oxygens (including phenoxy) is 1. The first kappa shape index (κ1) is 13.9. The summed E-state index contributed by atoms with van der Waals surface area (Å²) >= 11 is 0. The van der Waals surface area contributed by atoms with Gasteiger partial charge >= 0.3 is 5.97 Å². The third kappa shape index (κ3) is 2.71. The number of carboxylic acids is 1. The number of aryl methyl sites for hydroxylation is 1. The average molecular weight is 273 g/mol. The van der Waals surface area contributed by atoms with Crippen LogP contribution < -0.4 is 10.3 Å². The van der Waals surface area contributed by atoms with E-state index in [1.807, 2.05) is 12.1 Å². The highest BCUT2D eigenvalue weighted by Gasteiger charge is 2.14. The third-order valence-corrected chi connectivity index (χ3v) is 3.10. The topological polar surface area (TPSA) is 68.5 Å². The predicted octanol–water partition coefficient (Wildman–Crippen LogP) is 1.91. The molecule has 2 aromatic rings. The lowest BCUT2D eigenvalue weighted by atomic mass is 10.1. The summed E-state index contributed by atoms with van der Waals surface area (Å²) in [4.78, 5) is 23.2. The minimum atomic E-state index is -1.20. The van der Waals surface area contributed by atoms with Gasteiger partial charge in [-0.3, -0.25) is 4.79 Å². The Morgan fingerprint density at radius 3 is 2.45 bits per heavy atom. The van der Waals surface area contributed by atoms with Crippen molar-refractivity contribution in [2.24, 2.45) is 0 Å². The Balaban J connectivity index is 2.36. The number of rotatable bonds is 4. The van der Waals surface area contributed by atoms with Crippen molar-refractivity contribution in [1.29, 1.82) is 0 Å². The molecule has 104 valence electrons. The summed E-state index contributed by atoms with van der Waals surface area (Å²) in [5, 5.41) is 9.08. The molecule has 1 aromatic heterocycles. The zero-order valence-electron chi connectivity index (χ0n) is 11.3. The molecule has 0 amide bonds. The first-order valence-electron chi connectivity index (χ1n) is 6.09. The van der Waals surface area contributed by atoms with Gasteiger partial charge in [0.15, 0.2) is 0 Å². The SMILES string of the molecule is COc1ccc(Cn2ccc(C)c(C(=O)O)c2=O)cc1. The lowest BCUT2D eigenvalue weighted by molar-refractivity contribution is 0.0693. The molecule has 0 unspecified atom stereocenters. The molecule has 0 fully saturated rings. The zero-order chi connectivity index (χ0) is 14.7. The molecule has 0 aliphatic rings. The van der Waals surface area contributed by atoms with Gasteiger partial charge in [0.25, 0.3) is 5.56 Å². The van der Waals surface area contributed by atoms with Gasteiger partial charge < -0.3 is 14.4 Å². The Labute approximate surface area is 116 Å². The maximum absolute atomic E-state index is 12.1. The summed E-state index contributed by atoms with van der Waals surface area (Å²) in [6.07, 6.45) is 1.61. The summed E-state index contributed by atoms with van der Waals surface area (Å²) in [5.41, 5.74) is 0.691. The van der Waals surface area contributed by atoms with Gasteiger partial charge in [-0.05, 0) is 36.2 Å². The van der Waals surface area contributed by atoms with Crippen LogP contribution in [0.5, 0.6) is 5.75 Å². The first-order valence-corrected chi connectivity index (χ1v) is 6.09. The Morgan fingerprint density at radius 2 is 1.90 bits per heavy atom. The van der Waals surface area contributed by atoms with Crippen molar-refractivity contribution in [3.63, 3.8) is 0 Å². The number of pyridine rings is 1. The standard InChI is InChI=1S/C15H15NO4/c1-10-7-8-16(14(17)13(10)15(18)19)9-11-3-5-12(20-2)6-4-11/h3-8H,9H2,1-2H3,(H,18,19). The summed E-state index contributed by atoms with van der Waals surface area (Å²) in [6.45, 7) is 1.94. The van der Waals surface area contributed by atoms with Crippen LogP contribution in [0.1, 0.15) is 21.5 Å². The van der Waals surface area contributed by atoms with Crippen LogP contribution >= 0.6 is 0 Å². The number of carboxylic acid groups (broad SMARTS) is 1. The van der Waals surface area contributed by atoms with E-state index in [0.29, 0.717) is 12.1 Å². The fourth-order valence-electron chi connectivity index (χ4n) is 1.98. The maximum atomic E-state index is 12.1. The highest BCUT2D eigenvalue weighted by molar-refractivity contribution is 5.88. The van der Waals surface area contributed by atoms with Crippen molar-refractivity contribution in [3.8, 4) is 5.75 Å². The van der Waals surface area contributed by atoms with Crippen LogP contribution in [0.4, 0.5) is 0 Å². The molecule has 0 bridgehead atoms. The van der Waals surface area contributed by atoms with Gasteiger partial charge in [0, 0.05) is 6.20 Å². The minimum Gasteiger partial charge on any atom is -0.497 e. The van der Waals surface area contributed by atoms with Crippen LogP contribution in [-0.4, -0.2) is 22.8 Å². The summed E-state index contributed by atoms with van der Waals surface area (Å²) < 4.78 is 6.45. The Hall–Kier alpha value is -2.56. The molecule has 0 spiro atoms. The second kappa shape index (κ2) is 5.61. The van der Waals surface area contributed by atoms with Crippen LogP contribution in [0.15, 0.2) is 41.3 Å². The molecule has 1 heterocycles. The third-order valence-electron chi connectivity index (χ3n) is 3.10. The van der Waals surface area contributed by atoms with E-state index in [1.54, 1.807) is 38.4 Å². The second-order valence-corrected chi connectivity index (χ2v) is 4.46. The smallest absolute Gasteiger partial charge is 0.341 e. The Bertz CT molecular complexity index is 686. The molecule has 0 saturated carbocycles. The lowest BCUT2D eigenvalue weighted by Crippen LogP contribution is -2.27. The molecule has 1 N–H and O–H groups in total. The summed E-state index contributed by atoms with van der Waals surface area (Å²) in [7, 11) is 1.58. The van der Waals surface area contributed by atoms with Gasteiger partial charge in [0.2, 0.25) is 0 Å². The first-order chi connectivity index (χ1) is 9.52. The van der Waals surface area contributed by atoms with Gasteiger partial charge in [-0.2, -0.15) is 0 Å². The summed E-state index contributed by atoms with van der Waals surface area (Å²) in [6, 6.07) is 8.91. The van der Waals surface area contributed by atoms with E-state index < -0.39 is 11.5 Å². The number of hydrogen-bond acceptors (Lipinski definition) is 3. The van der Waals surface area contributed by atoms with Crippen LogP contribution in [0.2, 0.25) is 0 Å². The molecule has 2 rings (SSSR count). The van der Waals surface area contributed by atoms with E-state index in [-0.39, 0.29) is 5.56 Å². The van der Waals surface area contributed by atoms with Gasteiger partial charge in [-0.15, -0.1) is 0 Å². The number of methoxy groups -OCH3 is 1. The Kier molecular flexibility index (Phi) is 3.89. The van der Waals surface area contributed by atoms with Crippen molar-refractivity contribution < 1.29 is 14.6 Å². The van der Waals surface area contributed by atoms with Crippen molar-refractivity contribution in [1.82, 2.24) is 4.57 Å². The Morgan fingerprint density at radius 1 is 1.25 bits per heavy atom. The lowest BCUT2D eigenvalue weighted by Gasteiger charge is -2.09. The highest BCUT2D eigenvalue weighted by Crippen LogP contribution is 2.12. The van der Waals surface area contributed by atoms with Crippen LogP contribution in [0.3, 0.4) is 0 Å². The number of aromatic carboxylic acids is 1. The predicted molar refractivity (Wildman–Crippen MR) is 74.5 cm³/mol. The van der Waals surface area contributed by atoms with Crippen LogP contribution in [-0.2, 0) is 6.54 Å². The highest BCUT2D eigenvalue weighted by atomic mass is 16.5. The van der Waals surface area contributed by atoms with Crippen LogP contribution in [0.25, 0.3) is 0 Å². The number of nitrogens with zero attached hydrogens (tertiary/aromatic N) is 1. The second-order valence-electron chi connectivity index (χ2n) is 4.46. The quantitative estimate of drug-likeness (QED) is 0.924. The molecule has 20 heavy (non-hydrogen) atoms. The van der Waals surface area contributed by atoms with Crippen molar-refractivity contribution in [2.75, 3.05) is 7.11 Å². The van der Waals surface area contributed by atoms with Gasteiger partial charge in [-0.1, -0.05) is 12.1 Å². The van der Waals surface area contributed by atoms with Gasteiger partial charge in [0.05, 0.1) is 13.7 Å². The van der Waals surface area contributed by atoms with E-state index in [2.05, 4.69) is 0 Å². The number of hydrogen-bond donors (Lipinski definition) is 1. The molecular formula is C15H15NO4. The van der Waals surface area contributed by atoms with E-state index >= 15 is 0 Å². The molecule has 0 aliphatic carbocycles. The molecule has 0 saturated heterocycles. The van der Waals surface area contributed by atoms with Crippen molar-refractivity contribution in [3.05, 3.63) is 63.6 Å². The van der Waals surface area contributed by atoms with E-state index in [9.17, 15) is 9.59 Å². The molecule has 0 atom stereocenters. The summed E-state index contributed by atoms with van der Waals surface area (Å²) in [5.74, 6) is -0.465. The van der Waals surface area contributed by atoms with Gasteiger partial charge in [-0.25, -0.2) is 4.79 Å². The zero-order valence-corrected chi connectivity index (χ0v) is 11.3. The average Bonchev–Trinajstić information content (AvgIpc) is 2.42. The molecule has 0 radical (unpaired) electrons. The fourth-order valence-corrected chi connectivity index (χ4v) is 1.98. The molecule has 5 nitrogen and oxygen atoms in total. The number of benzene rings is 1. The monoisotopic (exact) mass is 273 g/mol. The molecule has 0 aliphatic heterocycles. The van der Waals surface area contributed by atoms with E-state index in [1.165, 1.54) is 4.57 Å². The van der Waals surface area contributed by atoms with Crippen molar-refractivity contribution in [2.45, 2.75) is 13.5 Å². The van der Waals surface area contributed by atoms with E-state index in [0.717, 1.165) is 11.3 Å².